The largest absolute Gasteiger partial charge is 0.493 e. The van der Waals surface area contributed by atoms with E-state index in [9.17, 15) is 9.59 Å². The normalized spacial score (nSPS) is 16.1. The summed E-state index contributed by atoms with van der Waals surface area (Å²) in [5, 5.41) is 0. The molecule has 6 nitrogen and oxygen atoms in total. The highest BCUT2D eigenvalue weighted by Crippen LogP contribution is 2.41. The van der Waals surface area contributed by atoms with E-state index in [0.717, 1.165) is 34.2 Å². The Morgan fingerprint density at radius 1 is 1.03 bits per heavy atom. The fourth-order valence-electron chi connectivity index (χ4n) is 4.25. The lowest BCUT2D eigenvalue weighted by Crippen LogP contribution is -2.26. The topological polar surface area (TPSA) is 71.1 Å². The molecule has 2 aromatic carbocycles. The van der Waals surface area contributed by atoms with E-state index in [4.69, 9.17) is 18.9 Å². The molecule has 1 heterocycles. The lowest BCUT2D eigenvalue weighted by atomic mass is 9.98. The highest BCUT2D eigenvalue weighted by Gasteiger charge is 2.24. The maximum Gasteiger partial charge on any atom is 0.309 e. The summed E-state index contributed by atoms with van der Waals surface area (Å²) in [4.78, 5) is 24.2. The van der Waals surface area contributed by atoms with Crippen molar-refractivity contribution in [1.29, 1.82) is 0 Å². The summed E-state index contributed by atoms with van der Waals surface area (Å²) in [6.07, 6.45) is 2.74. The number of carbonyl (C=O) groups is 2. The monoisotopic (exact) mass is 424 g/mol. The molecule has 0 aromatic heterocycles. The first-order valence-corrected chi connectivity index (χ1v) is 10.8. The van der Waals surface area contributed by atoms with E-state index in [1.54, 1.807) is 7.11 Å². The SMILES string of the molecule is COc1c(C)ccc(-c2ccc3c(c2)CCC3=O)c1OCCOC(=O)C1CCOCC1. The number of rotatable bonds is 7. The van der Waals surface area contributed by atoms with Crippen LogP contribution in [-0.2, 0) is 20.7 Å². The van der Waals surface area contributed by atoms with Gasteiger partial charge in [-0.25, -0.2) is 0 Å². The van der Waals surface area contributed by atoms with E-state index in [1.165, 1.54) is 0 Å². The van der Waals surface area contributed by atoms with Gasteiger partial charge in [0.05, 0.1) is 13.0 Å². The van der Waals surface area contributed by atoms with E-state index in [2.05, 4.69) is 6.07 Å². The minimum absolute atomic E-state index is 0.0908. The summed E-state index contributed by atoms with van der Waals surface area (Å²) >= 11 is 0. The van der Waals surface area contributed by atoms with Gasteiger partial charge in [-0.1, -0.05) is 30.3 Å². The van der Waals surface area contributed by atoms with Gasteiger partial charge in [-0.15, -0.1) is 0 Å². The summed E-state index contributed by atoms with van der Waals surface area (Å²) in [5.74, 6) is 1.20. The van der Waals surface area contributed by atoms with Crippen LogP contribution in [0.5, 0.6) is 11.5 Å². The number of benzene rings is 2. The number of esters is 1. The number of methoxy groups -OCH3 is 1. The molecule has 6 heteroatoms. The van der Waals surface area contributed by atoms with Crippen molar-refractivity contribution in [2.45, 2.75) is 32.6 Å². The molecule has 164 valence electrons. The van der Waals surface area contributed by atoms with Crippen LogP contribution in [0.3, 0.4) is 0 Å². The van der Waals surface area contributed by atoms with E-state index in [-0.39, 0.29) is 30.9 Å². The van der Waals surface area contributed by atoms with E-state index in [1.807, 2.05) is 31.2 Å². The van der Waals surface area contributed by atoms with Crippen molar-refractivity contribution < 1.29 is 28.5 Å². The number of hydrogen-bond donors (Lipinski definition) is 0. The Morgan fingerprint density at radius 2 is 1.81 bits per heavy atom. The second-order valence-corrected chi connectivity index (χ2v) is 7.99. The predicted molar refractivity (Wildman–Crippen MR) is 116 cm³/mol. The van der Waals surface area contributed by atoms with Gasteiger partial charge in [-0.05, 0) is 42.9 Å². The van der Waals surface area contributed by atoms with Crippen LogP contribution in [0.2, 0.25) is 0 Å². The highest BCUT2D eigenvalue weighted by molar-refractivity contribution is 6.01. The number of carbonyl (C=O) groups excluding carboxylic acids is 2. The van der Waals surface area contributed by atoms with Crippen LogP contribution in [0.4, 0.5) is 0 Å². The summed E-state index contributed by atoms with van der Waals surface area (Å²) in [6, 6.07) is 9.89. The zero-order valence-electron chi connectivity index (χ0n) is 18.1. The van der Waals surface area contributed by atoms with Gasteiger partial charge < -0.3 is 18.9 Å². The molecule has 1 saturated heterocycles. The fraction of sp³-hybridized carbons (Fsp3) is 0.440. The first kappa shape index (κ1) is 21.4. The minimum Gasteiger partial charge on any atom is -0.493 e. The van der Waals surface area contributed by atoms with Crippen LogP contribution in [0.15, 0.2) is 30.3 Å². The number of aryl methyl sites for hydroxylation is 2. The molecule has 31 heavy (non-hydrogen) atoms. The molecule has 0 unspecified atom stereocenters. The van der Waals surface area contributed by atoms with Gasteiger partial charge in [0.2, 0.25) is 0 Å². The van der Waals surface area contributed by atoms with Crippen molar-refractivity contribution in [1.82, 2.24) is 0 Å². The van der Waals surface area contributed by atoms with Gasteiger partial charge in [0.25, 0.3) is 0 Å². The second kappa shape index (κ2) is 9.52. The van der Waals surface area contributed by atoms with Crippen LogP contribution in [0, 0.1) is 12.8 Å². The molecule has 1 aliphatic heterocycles. The maximum atomic E-state index is 12.2. The average Bonchev–Trinajstić information content (AvgIpc) is 3.17. The summed E-state index contributed by atoms with van der Waals surface area (Å²) in [6.45, 7) is 3.57. The third-order valence-corrected chi connectivity index (χ3v) is 5.98. The lowest BCUT2D eigenvalue weighted by Gasteiger charge is -2.21. The van der Waals surface area contributed by atoms with Crippen molar-refractivity contribution in [3.8, 4) is 22.6 Å². The Morgan fingerprint density at radius 3 is 2.58 bits per heavy atom. The van der Waals surface area contributed by atoms with Crippen LogP contribution in [0.1, 0.15) is 40.7 Å². The third-order valence-electron chi connectivity index (χ3n) is 5.98. The number of Topliss-reactive ketones (excluding diaryl/α,β-unsaturated/α-hetero) is 1. The predicted octanol–water partition coefficient (Wildman–Crippen LogP) is 4.15. The molecule has 0 atom stereocenters. The summed E-state index contributed by atoms with van der Waals surface area (Å²) in [7, 11) is 1.62. The molecule has 1 fully saturated rings. The molecule has 1 aliphatic carbocycles. The molecule has 0 radical (unpaired) electrons. The Labute approximate surface area is 182 Å². The Kier molecular flexibility index (Phi) is 6.56. The van der Waals surface area contributed by atoms with E-state index >= 15 is 0 Å². The van der Waals surface area contributed by atoms with Gasteiger partial charge in [-0.3, -0.25) is 9.59 Å². The quantitative estimate of drug-likeness (QED) is 0.491. The van der Waals surface area contributed by atoms with E-state index < -0.39 is 0 Å². The smallest absolute Gasteiger partial charge is 0.309 e. The molecule has 0 saturated carbocycles. The van der Waals surface area contributed by atoms with Crippen molar-refractivity contribution in [3.05, 3.63) is 47.0 Å². The van der Waals surface area contributed by atoms with Gasteiger partial charge in [0.1, 0.15) is 13.2 Å². The van der Waals surface area contributed by atoms with Crippen LogP contribution >= 0.6 is 0 Å². The van der Waals surface area contributed by atoms with Crippen LogP contribution in [-0.4, -0.2) is 45.3 Å². The number of ketones is 1. The summed E-state index contributed by atoms with van der Waals surface area (Å²) in [5.41, 5.74) is 4.70. The molecule has 2 aromatic rings. The van der Waals surface area contributed by atoms with Crippen molar-refractivity contribution >= 4 is 11.8 Å². The molecule has 0 bridgehead atoms. The second-order valence-electron chi connectivity index (χ2n) is 7.99. The molecule has 2 aliphatic rings. The zero-order chi connectivity index (χ0) is 21.8. The van der Waals surface area contributed by atoms with Gasteiger partial charge in [0.15, 0.2) is 17.3 Å². The minimum atomic E-state index is -0.188. The molecular weight excluding hydrogens is 396 g/mol. The zero-order valence-corrected chi connectivity index (χ0v) is 18.1. The lowest BCUT2D eigenvalue weighted by molar-refractivity contribution is -0.152. The molecule has 0 N–H and O–H groups in total. The third kappa shape index (κ3) is 4.59. The van der Waals surface area contributed by atoms with Crippen molar-refractivity contribution in [2.75, 3.05) is 33.5 Å². The van der Waals surface area contributed by atoms with Crippen molar-refractivity contribution in [3.63, 3.8) is 0 Å². The number of hydrogen-bond acceptors (Lipinski definition) is 6. The molecule has 4 rings (SSSR count). The van der Waals surface area contributed by atoms with Crippen molar-refractivity contribution in [2.24, 2.45) is 5.92 Å². The highest BCUT2D eigenvalue weighted by atomic mass is 16.6. The molecular formula is C25H28O6. The standard InChI is InChI=1S/C25H28O6/c1-16-3-6-21(19-4-7-20-18(15-19)5-8-22(20)26)24(23(16)28-2)30-13-14-31-25(27)17-9-11-29-12-10-17/h3-4,6-7,15,17H,5,8-14H2,1-2H3. The summed E-state index contributed by atoms with van der Waals surface area (Å²) < 4.78 is 22.4. The maximum absolute atomic E-state index is 12.2. The Balaban J connectivity index is 1.49. The number of fused-ring (bicyclic) bond motifs is 1. The van der Waals surface area contributed by atoms with Gasteiger partial charge >= 0.3 is 5.97 Å². The first-order valence-electron chi connectivity index (χ1n) is 10.8. The Bertz CT molecular complexity index is 974. The first-order chi connectivity index (χ1) is 15.1. The van der Waals surface area contributed by atoms with E-state index in [0.29, 0.717) is 44.0 Å². The molecule has 0 spiro atoms. The average molecular weight is 424 g/mol. The van der Waals surface area contributed by atoms with Gasteiger partial charge in [0, 0.05) is 30.8 Å². The van der Waals surface area contributed by atoms with Crippen LogP contribution in [0.25, 0.3) is 11.1 Å². The fourth-order valence-corrected chi connectivity index (χ4v) is 4.25. The Hall–Kier alpha value is -2.86. The molecule has 0 amide bonds. The van der Waals surface area contributed by atoms with Crippen LogP contribution < -0.4 is 9.47 Å². The van der Waals surface area contributed by atoms with Gasteiger partial charge in [-0.2, -0.15) is 0 Å². The number of ether oxygens (including phenoxy) is 4.